The van der Waals surface area contributed by atoms with E-state index >= 15 is 0 Å². The van der Waals surface area contributed by atoms with E-state index in [4.69, 9.17) is 5.73 Å². The molecule has 2 amide bonds. The minimum absolute atomic E-state index is 0.0245. The fourth-order valence-corrected chi connectivity index (χ4v) is 2.65. The van der Waals surface area contributed by atoms with Crippen molar-refractivity contribution >= 4 is 11.8 Å². The summed E-state index contributed by atoms with van der Waals surface area (Å²) < 4.78 is 0. The second kappa shape index (κ2) is 7.22. The summed E-state index contributed by atoms with van der Waals surface area (Å²) in [6, 6.07) is 9.03. The van der Waals surface area contributed by atoms with Gasteiger partial charge in [-0.05, 0) is 50.9 Å². The van der Waals surface area contributed by atoms with E-state index in [2.05, 4.69) is 10.2 Å². The van der Waals surface area contributed by atoms with E-state index in [0.717, 1.165) is 25.9 Å². The summed E-state index contributed by atoms with van der Waals surface area (Å²) in [5, 5.41) is 2.99. The number of primary amides is 1. The summed E-state index contributed by atoms with van der Waals surface area (Å²) in [5.74, 6) is 0.170. The van der Waals surface area contributed by atoms with Crippen molar-refractivity contribution in [3.63, 3.8) is 0 Å². The molecule has 5 nitrogen and oxygen atoms in total. The zero-order valence-corrected chi connectivity index (χ0v) is 12.4. The molecule has 1 aliphatic rings. The van der Waals surface area contributed by atoms with Crippen LogP contribution in [0.3, 0.4) is 0 Å². The summed E-state index contributed by atoms with van der Waals surface area (Å²) in [4.78, 5) is 25.3. The van der Waals surface area contributed by atoms with Crippen molar-refractivity contribution in [2.75, 3.05) is 19.6 Å². The molecule has 1 aliphatic heterocycles. The van der Waals surface area contributed by atoms with Gasteiger partial charge in [-0.25, -0.2) is 0 Å². The highest BCUT2D eigenvalue weighted by molar-refractivity contribution is 5.94. The SMILES string of the molecule is CC(C(N)=O)N1CCC(CNC(=O)c2ccccc2)CC1. The monoisotopic (exact) mass is 289 g/mol. The van der Waals surface area contributed by atoms with Gasteiger partial charge in [-0.15, -0.1) is 0 Å². The number of piperidine rings is 1. The number of likely N-dealkylation sites (tertiary alicyclic amines) is 1. The summed E-state index contributed by atoms with van der Waals surface area (Å²) in [6.45, 7) is 4.25. The third-order valence-electron chi connectivity index (χ3n) is 4.20. The lowest BCUT2D eigenvalue weighted by Gasteiger charge is -2.34. The topological polar surface area (TPSA) is 75.4 Å². The predicted octanol–water partition coefficient (Wildman–Crippen LogP) is 1.00. The number of hydrogen-bond donors (Lipinski definition) is 2. The Balaban J connectivity index is 1.74. The molecule has 5 heteroatoms. The number of nitrogens with two attached hydrogens (primary N) is 1. The van der Waals surface area contributed by atoms with Crippen LogP contribution in [0, 0.1) is 5.92 Å². The maximum absolute atomic E-state index is 12.0. The minimum atomic E-state index is -0.272. The third-order valence-corrected chi connectivity index (χ3v) is 4.20. The zero-order valence-electron chi connectivity index (χ0n) is 12.4. The molecule has 1 aromatic rings. The third kappa shape index (κ3) is 4.29. The van der Waals surface area contributed by atoms with Crippen LogP contribution in [-0.4, -0.2) is 42.4 Å². The van der Waals surface area contributed by atoms with Crippen molar-refractivity contribution < 1.29 is 9.59 Å². The van der Waals surface area contributed by atoms with E-state index in [0.29, 0.717) is 18.0 Å². The van der Waals surface area contributed by atoms with Gasteiger partial charge in [0.2, 0.25) is 5.91 Å². The van der Waals surface area contributed by atoms with Gasteiger partial charge in [0.15, 0.2) is 0 Å². The number of hydrogen-bond acceptors (Lipinski definition) is 3. The molecule has 1 saturated heterocycles. The summed E-state index contributed by atoms with van der Waals surface area (Å²) in [5.41, 5.74) is 6.02. The molecule has 0 radical (unpaired) electrons. The van der Waals surface area contributed by atoms with Crippen molar-refractivity contribution in [1.29, 1.82) is 0 Å². The van der Waals surface area contributed by atoms with E-state index < -0.39 is 0 Å². The van der Waals surface area contributed by atoms with E-state index in [-0.39, 0.29) is 17.9 Å². The molecule has 1 unspecified atom stereocenters. The molecule has 1 atom stereocenters. The molecule has 0 spiro atoms. The van der Waals surface area contributed by atoms with Gasteiger partial charge in [0.05, 0.1) is 6.04 Å². The quantitative estimate of drug-likeness (QED) is 0.849. The van der Waals surface area contributed by atoms with Crippen LogP contribution in [-0.2, 0) is 4.79 Å². The maximum atomic E-state index is 12.0. The Labute approximate surface area is 125 Å². The summed E-state index contributed by atoms with van der Waals surface area (Å²) in [7, 11) is 0. The first-order chi connectivity index (χ1) is 10.1. The van der Waals surface area contributed by atoms with Crippen LogP contribution in [0.2, 0.25) is 0 Å². The first-order valence-electron chi connectivity index (χ1n) is 7.44. The smallest absolute Gasteiger partial charge is 0.251 e. The Morgan fingerprint density at radius 3 is 2.48 bits per heavy atom. The number of carbonyl (C=O) groups excluding carboxylic acids is 2. The molecule has 0 bridgehead atoms. The fourth-order valence-electron chi connectivity index (χ4n) is 2.65. The number of nitrogens with zero attached hydrogens (tertiary/aromatic N) is 1. The number of nitrogens with one attached hydrogen (secondary N) is 1. The van der Waals surface area contributed by atoms with Gasteiger partial charge in [0, 0.05) is 12.1 Å². The highest BCUT2D eigenvalue weighted by Gasteiger charge is 2.25. The van der Waals surface area contributed by atoms with Gasteiger partial charge < -0.3 is 11.1 Å². The molecule has 2 rings (SSSR count). The standard InChI is InChI=1S/C16H23N3O2/c1-12(15(17)20)19-9-7-13(8-10-19)11-18-16(21)14-5-3-2-4-6-14/h2-6,12-13H,7-11H2,1H3,(H2,17,20)(H,18,21). The molecule has 0 saturated carbocycles. The van der Waals surface area contributed by atoms with E-state index in [1.54, 1.807) is 0 Å². The van der Waals surface area contributed by atoms with Crippen molar-refractivity contribution in [3.05, 3.63) is 35.9 Å². The molecule has 21 heavy (non-hydrogen) atoms. The predicted molar refractivity (Wildman–Crippen MR) is 81.7 cm³/mol. The normalized spacial score (nSPS) is 18.1. The van der Waals surface area contributed by atoms with Crippen LogP contribution in [0.15, 0.2) is 30.3 Å². The Kier molecular flexibility index (Phi) is 5.33. The molecular weight excluding hydrogens is 266 g/mol. The lowest BCUT2D eigenvalue weighted by Crippen LogP contribution is -2.47. The van der Waals surface area contributed by atoms with Gasteiger partial charge in [-0.1, -0.05) is 18.2 Å². The van der Waals surface area contributed by atoms with Crippen molar-refractivity contribution in [1.82, 2.24) is 10.2 Å². The fraction of sp³-hybridized carbons (Fsp3) is 0.500. The van der Waals surface area contributed by atoms with Gasteiger partial charge in [-0.3, -0.25) is 14.5 Å². The van der Waals surface area contributed by atoms with Gasteiger partial charge >= 0.3 is 0 Å². The first-order valence-corrected chi connectivity index (χ1v) is 7.44. The second-order valence-electron chi connectivity index (χ2n) is 5.63. The largest absolute Gasteiger partial charge is 0.368 e. The average molecular weight is 289 g/mol. The van der Waals surface area contributed by atoms with Crippen molar-refractivity contribution in [3.8, 4) is 0 Å². The molecule has 3 N–H and O–H groups in total. The Hall–Kier alpha value is -1.88. The van der Waals surface area contributed by atoms with Crippen LogP contribution >= 0.6 is 0 Å². The molecular formula is C16H23N3O2. The number of carbonyl (C=O) groups is 2. The second-order valence-corrected chi connectivity index (χ2v) is 5.63. The zero-order chi connectivity index (χ0) is 15.2. The highest BCUT2D eigenvalue weighted by atomic mass is 16.2. The van der Waals surface area contributed by atoms with Gasteiger partial charge in [0.1, 0.15) is 0 Å². The van der Waals surface area contributed by atoms with Crippen LogP contribution in [0.25, 0.3) is 0 Å². The average Bonchev–Trinajstić information content (AvgIpc) is 2.53. The van der Waals surface area contributed by atoms with Gasteiger partial charge in [0.25, 0.3) is 5.91 Å². The molecule has 1 aromatic carbocycles. The number of amides is 2. The molecule has 114 valence electrons. The van der Waals surface area contributed by atoms with E-state index in [9.17, 15) is 9.59 Å². The molecule has 0 aliphatic carbocycles. The van der Waals surface area contributed by atoms with Gasteiger partial charge in [-0.2, -0.15) is 0 Å². The number of rotatable bonds is 5. The van der Waals surface area contributed by atoms with Crippen LogP contribution in [0.4, 0.5) is 0 Å². The number of benzene rings is 1. The highest BCUT2D eigenvalue weighted by Crippen LogP contribution is 2.18. The summed E-state index contributed by atoms with van der Waals surface area (Å²) in [6.07, 6.45) is 1.96. The maximum Gasteiger partial charge on any atom is 0.251 e. The van der Waals surface area contributed by atoms with E-state index in [1.165, 1.54) is 0 Å². The molecule has 0 aromatic heterocycles. The first kappa shape index (κ1) is 15.5. The van der Waals surface area contributed by atoms with Crippen molar-refractivity contribution in [2.24, 2.45) is 11.7 Å². The van der Waals surface area contributed by atoms with Crippen LogP contribution in [0.1, 0.15) is 30.1 Å². The van der Waals surface area contributed by atoms with E-state index in [1.807, 2.05) is 37.3 Å². The van der Waals surface area contributed by atoms with Crippen molar-refractivity contribution in [2.45, 2.75) is 25.8 Å². The Morgan fingerprint density at radius 2 is 1.90 bits per heavy atom. The lowest BCUT2D eigenvalue weighted by molar-refractivity contribution is -0.123. The Bertz CT molecular complexity index is 482. The summed E-state index contributed by atoms with van der Waals surface area (Å²) >= 11 is 0. The molecule has 1 heterocycles. The molecule has 1 fully saturated rings. The lowest BCUT2D eigenvalue weighted by atomic mass is 9.95. The Morgan fingerprint density at radius 1 is 1.29 bits per heavy atom. The van der Waals surface area contributed by atoms with Crippen LogP contribution < -0.4 is 11.1 Å². The van der Waals surface area contributed by atoms with Crippen LogP contribution in [0.5, 0.6) is 0 Å². The minimum Gasteiger partial charge on any atom is -0.368 e.